The normalized spacial score (nSPS) is 11.8. The van der Waals surface area contributed by atoms with E-state index in [-0.39, 0.29) is 27.8 Å². The van der Waals surface area contributed by atoms with E-state index in [1.54, 1.807) is 0 Å². The monoisotopic (exact) mass is 306 g/mol. The maximum atomic E-state index is 13.1. The molecule has 0 aliphatic carbocycles. The molecule has 0 saturated carbocycles. The molecule has 0 saturated heterocycles. The van der Waals surface area contributed by atoms with Gasteiger partial charge < -0.3 is 10.1 Å². The van der Waals surface area contributed by atoms with E-state index >= 15 is 0 Å². The Morgan fingerprint density at radius 2 is 1.86 bits per heavy atom. The molecule has 4 nitrogen and oxygen atoms in total. The van der Waals surface area contributed by atoms with Crippen molar-refractivity contribution in [1.29, 1.82) is 0 Å². The number of alkyl halides is 3. The quantitative estimate of drug-likeness (QED) is 0.725. The summed E-state index contributed by atoms with van der Waals surface area (Å²) in [6.07, 6.45) is -3.42. The smallest absolute Gasteiger partial charge is 0.417 e. The molecule has 7 heteroatoms. The van der Waals surface area contributed by atoms with Crippen molar-refractivity contribution in [2.75, 3.05) is 0 Å². The van der Waals surface area contributed by atoms with Gasteiger partial charge in [-0.15, -0.1) is 0 Å². The van der Waals surface area contributed by atoms with Gasteiger partial charge in [0, 0.05) is 0 Å². The fraction of sp³-hybridized carbons (Fsp3) is 0.0667. The zero-order chi connectivity index (χ0) is 15.9. The summed E-state index contributed by atoms with van der Waals surface area (Å²) < 4.78 is 39.3. The number of rotatable bonds is 1. The van der Waals surface area contributed by atoms with Crippen molar-refractivity contribution in [3.8, 4) is 16.9 Å². The predicted molar refractivity (Wildman–Crippen MR) is 74.5 cm³/mol. The summed E-state index contributed by atoms with van der Waals surface area (Å²) in [5.41, 5.74) is -1.36. The van der Waals surface area contributed by atoms with Gasteiger partial charge in [-0.05, 0) is 29.3 Å². The molecule has 3 aromatic rings. The highest BCUT2D eigenvalue weighted by atomic mass is 19.4. The maximum absolute atomic E-state index is 13.1. The topological polar surface area (TPSA) is 66.0 Å². The molecule has 0 bridgehead atoms. The van der Waals surface area contributed by atoms with E-state index in [1.807, 2.05) is 0 Å². The second-order valence-corrected chi connectivity index (χ2v) is 4.67. The first kappa shape index (κ1) is 14.1. The molecule has 0 unspecified atom stereocenters. The number of H-pyrrole nitrogens is 1. The minimum atomic E-state index is -4.54. The van der Waals surface area contributed by atoms with E-state index in [0.717, 1.165) is 12.4 Å². The van der Waals surface area contributed by atoms with Crippen molar-refractivity contribution in [2.24, 2.45) is 0 Å². The Morgan fingerprint density at radius 3 is 2.59 bits per heavy atom. The molecule has 0 aliphatic rings. The Bertz CT molecular complexity index is 917. The Morgan fingerprint density at radius 1 is 1.14 bits per heavy atom. The maximum Gasteiger partial charge on any atom is 0.417 e. The largest absolute Gasteiger partial charge is 0.506 e. The Labute approximate surface area is 121 Å². The van der Waals surface area contributed by atoms with E-state index in [9.17, 15) is 23.1 Å². The van der Waals surface area contributed by atoms with Crippen LogP contribution in [0.1, 0.15) is 5.56 Å². The first-order chi connectivity index (χ1) is 10.4. The summed E-state index contributed by atoms with van der Waals surface area (Å²) in [5, 5.41) is 9.96. The lowest BCUT2D eigenvalue weighted by Crippen LogP contribution is -2.08. The van der Waals surface area contributed by atoms with Crippen LogP contribution in [0.25, 0.3) is 22.0 Å². The van der Waals surface area contributed by atoms with Crippen LogP contribution < -0.4 is 5.56 Å². The number of halogens is 3. The van der Waals surface area contributed by atoms with Crippen LogP contribution in [0.2, 0.25) is 0 Å². The van der Waals surface area contributed by atoms with E-state index in [4.69, 9.17) is 0 Å². The molecule has 2 N–H and O–H groups in total. The zero-order valence-corrected chi connectivity index (χ0v) is 11.0. The molecule has 1 heterocycles. The van der Waals surface area contributed by atoms with E-state index in [2.05, 4.69) is 9.97 Å². The molecule has 22 heavy (non-hydrogen) atoms. The van der Waals surface area contributed by atoms with Crippen molar-refractivity contribution in [3.05, 3.63) is 58.6 Å². The number of phenols is 1. The number of nitrogens with zero attached hydrogens (tertiary/aromatic N) is 1. The van der Waals surface area contributed by atoms with Crippen LogP contribution >= 0.6 is 0 Å². The molecule has 0 amide bonds. The third-order valence-corrected chi connectivity index (χ3v) is 3.27. The van der Waals surface area contributed by atoms with Crippen LogP contribution in [0.5, 0.6) is 5.75 Å². The van der Waals surface area contributed by atoms with Crippen LogP contribution in [-0.4, -0.2) is 15.1 Å². The Balaban J connectivity index is 2.33. The molecule has 2 aromatic carbocycles. The van der Waals surface area contributed by atoms with Crippen molar-refractivity contribution in [2.45, 2.75) is 6.18 Å². The second kappa shape index (κ2) is 4.87. The number of aromatic hydroxyl groups is 1. The molecular weight excluding hydrogens is 297 g/mol. The van der Waals surface area contributed by atoms with Gasteiger partial charge in [0.15, 0.2) is 0 Å². The van der Waals surface area contributed by atoms with E-state index in [0.29, 0.717) is 0 Å². The summed E-state index contributed by atoms with van der Waals surface area (Å²) in [6.45, 7) is 0. The van der Waals surface area contributed by atoms with Gasteiger partial charge >= 0.3 is 6.18 Å². The van der Waals surface area contributed by atoms with Gasteiger partial charge in [0.2, 0.25) is 0 Å². The molecule has 1 aromatic heterocycles. The number of aromatic amines is 1. The molecule has 0 aliphatic heterocycles. The molecule has 112 valence electrons. The van der Waals surface area contributed by atoms with Crippen LogP contribution in [0.4, 0.5) is 13.2 Å². The van der Waals surface area contributed by atoms with Gasteiger partial charge in [-0.25, -0.2) is 4.98 Å². The average Bonchev–Trinajstić information content (AvgIpc) is 2.47. The standard InChI is InChI=1S/C15H9F3N2O2/c16-15(17,18)11-4-2-1-3-9(11)8-5-10-13(12(21)6-8)19-7-20-14(10)22/h1-7,21H,(H,19,20,22). The SMILES string of the molecule is O=c1[nH]cnc2c(O)cc(-c3ccccc3C(F)(F)F)cc12. The molecule has 0 radical (unpaired) electrons. The highest BCUT2D eigenvalue weighted by molar-refractivity contribution is 5.89. The lowest BCUT2D eigenvalue weighted by atomic mass is 9.98. The highest BCUT2D eigenvalue weighted by Crippen LogP contribution is 2.38. The summed E-state index contributed by atoms with van der Waals surface area (Å²) >= 11 is 0. The number of fused-ring (bicyclic) bond motifs is 1. The minimum Gasteiger partial charge on any atom is -0.506 e. The van der Waals surface area contributed by atoms with Gasteiger partial charge in [-0.3, -0.25) is 4.79 Å². The first-order valence-corrected chi connectivity index (χ1v) is 6.25. The fourth-order valence-electron chi connectivity index (χ4n) is 2.30. The third kappa shape index (κ3) is 2.30. The van der Waals surface area contributed by atoms with Crippen LogP contribution in [0, 0.1) is 0 Å². The molecule has 3 rings (SSSR count). The second-order valence-electron chi connectivity index (χ2n) is 4.67. The minimum absolute atomic E-state index is 0.0227. The molecule has 0 fully saturated rings. The molecule has 0 spiro atoms. The number of hydrogen-bond acceptors (Lipinski definition) is 3. The Hall–Kier alpha value is -2.83. The van der Waals surface area contributed by atoms with Gasteiger partial charge in [-0.2, -0.15) is 13.2 Å². The average molecular weight is 306 g/mol. The van der Waals surface area contributed by atoms with Crippen molar-refractivity contribution >= 4 is 10.9 Å². The fourth-order valence-corrected chi connectivity index (χ4v) is 2.30. The number of phenolic OH excluding ortho intramolecular Hbond substituents is 1. The van der Waals surface area contributed by atoms with Crippen LogP contribution in [0.15, 0.2) is 47.5 Å². The Kier molecular flexibility index (Phi) is 3.13. The van der Waals surface area contributed by atoms with Gasteiger partial charge in [0.1, 0.15) is 11.3 Å². The van der Waals surface area contributed by atoms with Gasteiger partial charge in [0.25, 0.3) is 5.56 Å². The van der Waals surface area contributed by atoms with Gasteiger partial charge in [-0.1, -0.05) is 18.2 Å². The number of aromatic nitrogens is 2. The summed E-state index contributed by atoms with van der Waals surface area (Å²) in [4.78, 5) is 17.9. The van der Waals surface area contributed by atoms with E-state index < -0.39 is 17.3 Å². The lowest BCUT2D eigenvalue weighted by molar-refractivity contribution is -0.137. The summed E-state index contributed by atoms with van der Waals surface area (Å²) in [7, 11) is 0. The molecular formula is C15H9F3N2O2. The van der Waals surface area contributed by atoms with Crippen molar-refractivity contribution in [1.82, 2.24) is 9.97 Å². The van der Waals surface area contributed by atoms with Gasteiger partial charge in [0.05, 0.1) is 17.3 Å². The summed E-state index contributed by atoms with van der Waals surface area (Å²) in [6, 6.07) is 7.42. The predicted octanol–water partition coefficient (Wildman–Crippen LogP) is 3.31. The number of nitrogens with one attached hydrogen (secondary N) is 1. The zero-order valence-electron chi connectivity index (χ0n) is 11.0. The first-order valence-electron chi connectivity index (χ1n) is 6.25. The lowest BCUT2D eigenvalue weighted by Gasteiger charge is -2.13. The van der Waals surface area contributed by atoms with Crippen molar-refractivity contribution < 1.29 is 18.3 Å². The van der Waals surface area contributed by atoms with Crippen LogP contribution in [0.3, 0.4) is 0 Å². The number of benzene rings is 2. The van der Waals surface area contributed by atoms with Crippen LogP contribution in [-0.2, 0) is 6.18 Å². The highest BCUT2D eigenvalue weighted by Gasteiger charge is 2.33. The summed E-state index contributed by atoms with van der Waals surface area (Å²) in [5.74, 6) is -0.351. The van der Waals surface area contributed by atoms with Crippen molar-refractivity contribution in [3.63, 3.8) is 0 Å². The molecule has 0 atom stereocenters. The third-order valence-electron chi connectivity index (χ3n) is 3.27. The number of hydrogen-bond donors (Lipinski definition) is 2. The van der Waals surface area contributed by atoms with E-state index in [1.165, 1.54) is 30.3 Å².